The zero-order chi connectivity index (χ0) is 22.5. The molecule has 13 heteroatoms. The Hall–Kier alpha value is -3.80. The van der Waals surface area contributed by atoms with Crippen LogP contribution in [-0.4, -0.2) is 44.8 Å². The predicted octanol–water partition coefficient (Wildman–Crippen LogP) is 1.45. The van der Waals surface area contributed by atoms with Crippen molar-refractivity contribution in [3.05, 3.63) is 47.8 Å². The average Bonchev–Trinajstić information content (AvgIpc) is 3.40. The maximum atomic E-state index is 12.1. The highest BCUT2D eigenvalue weighted by Gasteiger charge is 2.26. The molecule has 3 heterocycles. The van der Waals surface area contributed by atoms with Crippen LogP contribution in [0.5, 0.6) is 0 Å². The number of rotatable bonds is 9. The fourth-order valence-corrected chi connectivity index (χ4v) is 3.26. The van der Waals surface area contributed by atoms with E-state index in [4.69, 9.17) is 10.3 Å². The van der Waals surface area contributed by atoms with Crippen molar-refractivity contribution in [2.45, 2.75) is 19.3 Å². The molecule has 2 aliphatic rings. The van der Waals surface area contributed by atoms with Crippen molar-refractivity contribution in [2.24, 2.45) is 23.2 Å². The third-order valence-corrected chi connectivity index (χ3v) is 5.04. The molecular weight excluding hydrogens is 450 g/mol. The number of hydrogen-bond donors (Lipinski definition) is 3. The summed E-state index contributed by atoms with van der Waals surface area (Å²) in [5.74, 6) is 0.969. The number of aryl methyl sites for hydroxylation is 2. The third-order valence-electron chi connectivity index (χ3n) is 5.04. The first-order valence-electron chi connectivity index (χ1n) is 10.2. The van der Waals surface area contributed by atoms with Crippen LogP contribution < -0.4 is 16.4 Å². The molecule has 2 aromatic rings. The Morgan fingerprint density at radius 3 is 2.91 bits per heavy atom. The Labute approximate surface area is 195 Å². The summed E-state index contributed by atoms with van der Waals surface area (Å²) in [7, 11) is 1.72. The van der Waals surface area contributed by atoms with Gasteiger partial charge in [-0.2, -0.15) is 10.1 Å². The fraction of sp³-hybridized carbons (Fsp3) is 0.350. The van der Waals surface area contributed by atoms with E-state index < -0.39 is 0 Å². The topological polar surface area (TPSA) is 166 Å². The Balaban J connectivity index is 0.00000306. The average molecular weight is 474 g/mol. The van der Waals surface area contributed by atoms with Gasteiger partial charge < -0.3 is 20.9 Å². The maximum Gasteiger partial charge on any atom is 0.276 e. The molecule has 4 rings (SSSR count). The van der Waals surface area contributed by atoms with Crippen molar-refractivity contribution < 1.29 is 14.1 Å². The van der Waals surface area contributed by atoms with Crippen molar-refractivity contribution in [3.63, 3.8) is 0 Å². The quantitative estimate of drug-likeness (QED) is 0.460. The molecule has 2 amide bonds. The number of nitrogens with two attached hydrogens (primary N) is 1. The van der Waals surface area contributed by atoms with Gasteiger partial charge in [0.25, 0.3) is 5.91 Å². The van der Waals surface area contributed by atoms with Gasteiger partial charge in [0.05, 0.1) is 17.7 Å². The molecule has 4 N–H and O–H groups in total. The Kier molecular flexibility index (Phi) is 7.72. The number of aromatic nitrogens is 4. The number of nitrogens with one attached hydrogen (secondary N) is 2. The second kappa shape index (κ2) is 10.7. The van der Waals surface area contributed by atoms with Gasteiger partial charge in [-0.3, -0.25) is 14.3 Å². The van der Waals surface area contributed by atoms with E-state index in [0.717, 1.165) is 5.57 Å². The van der Waals surface area contributed by atoms with Crippen molar-refractivity contribution in [1.82, 2.24) is 30.6 Å². The van der Waals surface area contributed by atoms with Crippen LogP contribution in [0.15, 0.2) is 56.6 Å². The molecule has 12 nitrogen and oxygen atoms in total. The third kappa shape index (κ3) is 5.52. The number of hydrogen-bond acceptors (Lipinski definition) is 9. The predicted molar refractivity (Wildman–Crippen MR) is 121 cm³/mol. The minimum atomic E-state index is -0.375. The summed E-state index contributed by atoms with van der Waals surface area (Å²) in [6, 6.07) is 0. The lowest BCUT2D eigenvalue weighted by atomic mass is 9.93. The highest BCUT2D eigenvalue weighted by Crippen LogP contribution is 2.27. The number of allylic oxidation sites excluding steroid dienone is 3. The molecule has 1 atom stereocenters. The summed E-state index contributed by atoms with van der Waals surface area (Å²) in [5, 5.41) is 21.6. The molecule has 1 unspecified atom stereocenters. The van der Waals surface area contributed by atoms with Crippen molar-refractivity contribution >= 4 is 30.0 Å². The van der Waals surface area contributed by atoms with Gasteiger partial charge in [0.1, 0.15) is 5.82 Å². The Morgan fingerprint density at radius 2 is 2.12 bits per heavy atom. The standard InChI is InChI=1S/C20H23N9O3.ClH/c1-29-17(21)14(11-24-29)19-25-16(32-28-19)8-7-15(30)22-9-4-10-23-18-12-5-2-3-6-13(12)20(31)27-26-18;/h2-3,5-6,11,13,23H,4,7-10,21H2,1H3,(H,22,30);1H. The molecule has 1 aliphatic heterocycles. The second-order valence-corrected chi connectivity index (χ2v) is 7.27. The fourth-order valence-electron chi connectivity index (χ4n) is 3.26. The van der Waals surface area contributed by atoms with Crippen LogP contribution in [-0.2, 0) is 23.1 Å². The van der Waals surface area contributed by atoms with Crippen LogP contribution in [0, 0.1) is 5.92 Å². The Morgan fingerprint density at radius 1 is 1.27 bits per heavy atom. The molecule has 0 saturated carbocycles. The number of carbonyl (C=O) groups excluding carboxylic acids is 2. The Bertz CT molecular complexity index is 1150. The first-order valence-corrected chi connectivity index (χ1v) is 10.2. The summed E-state index contributed by atoms with van der Waals surface area (Å²) in [6.45, 7) is 1.07. The van der Waals surface area contributed by atoms with Crippen LogP contribution >= 0.6 is 12.4 Å². The molecule has 0 aromatic carbocycles. The minimum absolute atomic E-state index is 0. The molecule has 2 aromatic heterocycles. The molecule has 0 fully saturated rings. The lowest BCUT2D eigenvalue weighted by Gasteiger charge is -2.20. The van der Waals surface area contributed by atoms with Gasteiger partial charge >= 0.3 is 0 Å². The van der Waals surface area contributed by atoms with Gasteiger partial charge in [-0.15, -0.1) is 22.6 Å². The van der Waals surface area contributed by atoms with E-state index in [2.05, 4.69) is 36.1 Å². The lowest BCUT2D eigenvalue weighted by molar-refractivity contribution is -0.121. The van der Waals surface area contributed by atoms with E-state index in [-0.39, 0.29) is 36.6 Å². The SMILES string of the molecule is Cl.Cn1ncc(-c2noc(CCC(=O)NCCCNC3=C4C=CC=CC4C(=O)N=N3)n2)c1N. The molecule has 0 bridgehead atoms. The first kappa shape index (κ1) is 23.9. The zero-order valence-electron chi connectivity index (χ0n) is 17.9. The van der Waals surface area contributed by atoms with Crippen LogP contribution in [0.1, 0.15) is 18.7 Å². The number of nitrogen functional groups attached to an aromatic ring is 1. The summed E-state index contributed by atoms with van der Waals surface area (Å²) in [6.07, 6.45) is 10.1. The highest BCUT2D eigenvalue weighted by atomic mass is 35.5. The molecule has 0 radical (unpaired) electrons. The number of anilines is 1. The normalized spacial score (nSPS) is 16.5. The van der Waals surface area contributed by atoms with Crippen molar-refractivity contribution in [1.29, 1.82) is 0 Å². The summed E-state index contributed by atoms with van der Waals surface area (Å²) >= 11 is 0. The molecule has 0 saturated heterocycles. The number of carbonyl (C=O) groups is 2. The van der Waals surface area contributed by atoms with Crippen LogP contribution in [0.3, 0.4) is 0 Å². The van der Waals surface area contributed by atoms with E-state index in [9.17, 15) is 9.59 Å². The van der Waals surface area contributed by atoms with Gasteiger partial charge in [0, 0.05) is 38.6 Å². The van der Waals surface area contributed by atoms with E-state index in [0.29, 0.717) is 54.8 Å². The molecule has 1 aliphatic carbocycles. The summed E-state index contributed by atoms with van der Waals surface area (Å²) in [5.41, 5.74) is 7.30. The van der Waals surface area contributed by atoms with E-state index in [1.54, 1.807) is 19.3 Å². The number of azo groups is 1. The van der Waals surface area contributed by atoms with Gasteiger partial charge in [-0.25, -0.2) is 0 Å². The van der Waals surface area contributed by atoms with Gasteiger partial charge in [-0.1, -0.05) is 29.5 Å². The lowest BCUT2D eigenvalue weighted by Crippen LogP contribution is -2.28. The number of amides is 2. The van der Waals surface area contributed by atoms with Crippen molar-refractivity contribution in [3.8, 4) is 11.4 Å². The molecule has 174 valence electrons. The molecular formula is C20H24ClN9O3. The van der Waals surface area contributed by atoms with E-state index in [1.807, 2.05) is 18.2 Å². The highest BCUT2D eigenvalue weighted by molar-refractivity contribution is 5.86. The maximum absolute atomic E-state index is 12.1. The van der Waals surface area contributed by atoms with E-state index in [1.165, 1.54) is 4.68 Å². The van der Waals surface area contributed by atoms with Crippen LogP contribution in [0.25, 0.3) is 11.4 Å². The molecule has 0 spiro atoms. The second-order valence-electron chi connectivity index (χ2n) is 7.27. The number of halogens is 1. The van der Waals surface area contributed by atoms with Crippen LogP contribution in [0.4, 0.5) is 5.82 Å². The smallest absolute Gasteiger partial charge is 0.276 e. The van der Waals surface area contributed by atoms with Gasteiger partial charge in [-0.05, 0) is 6.42 Å². The van der Waals surface area contributed by atoms with Gasteiger partial charge in [0.2, 0.25) is 17.6 Å². The minimum Gasteiger partial charge on any atom is -0.383 e. The zero-order valence-corrected chi connectivity index (χ0v) is 18.7. The van der Waals surface area contributed by atoms with Gasteiger partial charge in [0.15, 0.2) is 5.82 Å². The van der Waals surface area contributed by atoms with Crippen molar-refractivity contribution in [2.75, 3.05) is 18.8 Å². The summed E-state index contributed by atoms with van der Waals surface area (Å²) in [4.78, 5) is 28.2. The molecule has 33 heavy (non-hydrogen) atoms. The first-order chi connectivity index (χ1) is 15.5. The summed E-state index contributed by atoms with van der Waals surface area (Å²) < 4.78 is 6.71. The monoisotopic (exact) mass is 473 g/mol. The van der Waals surface area contributed by atoms with Crippen LogP contribution in [0.2, 0.25) is 0 Å². The number of fused-ring (bicyclic) bond motifs is 1. The largest absolute Gasteiger partial charge is 0.383 e. The van der Waals surface area contributed by atoms with E-state index >= 15 is 0 Å². The number of nitrogens with zero attached hydrogens (tertiary/aromatic N) is 6.